The molecule has 0 bridgehead atoms. The number of unbranched alkanes of at least 4 members (excludes halogenated alkanes) is 3. The van der Waals surface area contributed by atoms with Gasteiger partial charge < -0.3 is 4.57 Å². The van der Waals surface area contributed by atoms with Crippen molar-refractivity contribution in [2.24, 2.45) is 7.05 Å². The van der Waals surface area contributed by atoms with Crippen molar-refractivity contribution in [2.45, 2.75) is 25.7 Å². The first kappa shape index (κ1) is 14.2. The summed E-state index contributed by atoms with van der Waals surface area (Å²) in [6.07, 6.45) is 10.8. The first-order valence-electron chi connectivity index (χ1n) is 4.85. The molecule has 82 valence electrons. The summed E-state index contributed by atoms with van der Waals surface area (Å²) >= 11 is 6.78. The van der Waals surface area contributed by atoms with Gasteiger partial charge in [-0.25, -0.2) is 4.98 Å². The van der Waals surface area contributed by atoms with Crippen LogP contribution in [0.4, 0.5) is 0 Å². The molecule has 0 aliphatic rings. The number of rotatable bonds is 5. The average molecular weight is 326 g/mol. The van der Waals surface area contributed by atoms with E-state index in [-0.39, 0.29) is 0 Å². The smallest absolute Gasteiger partial charge is 0.0943 e. The van der Waals surface area contributed by atoms with Crippen LogP contribution in [0.5, 0.6) is 0 Å². The van der Waals surface area contributed by atoms with Gasteiger partial charge in [0, 0.05) is 30.1 Å². The van der Waals surface area contributed by atoms with E-state index in [0.29, 0.717) is 0 Å². The van der Waals surface area contributed by atoms with Crippen molar-refractivity contribution in [3.8, 4) is 0 Å². The van der Waals surface area contributed by atoms with Gasteiger partial charge in [0.25, 0.3) is 0 Å². The molecule has 0 saturated carbocycles. The van der Waals surface area contributed by atoms with Crippen LogP contribution in [0.15, 0.2) is 18.7 Å². The summed E-state index contributed by atoms with van der Waals surface area (Å²) in [5.41, 5.74) is 0. The molecular weight excluding hydrogens is 308 g/mol. The zero-order valence-corrected chi connectivity index (χ0v) is 11.8. The SMILES string of the molecule is BrCCCCCCBr.Cn1ccnc1. The molecule has 0 saturated heterocycles. The largest absolute Gasteiger partial charge is 0.341 e. The van der Waals surface area contributed by atoms with E-state index in [1.165, 1.54) is 25.7 Å². The Kier molecular flexibility index (Phi) is 11.4. The standard InChI is InChI=1S/C6H12Br2.C4H6N2/c7-5-3-1-2-4-6-8;1-6-3-2-5-4-6/h1-6H2;2-4H,1H3. The number of alkyl halides is 2. The van der Waals surface area contributed by atoms with Crippen LogP contribution in [0.25, 0.3) is 0 Å². The number of hydrogen-bond acceptors (Lipinski definition) is 1. The van der Waals surface area contributed by atoms with Crippen molar-refractivity contribution >= 4 is 31.9 Å². The second-order valence-corrected chi connectivity index (χ2v) is 4.61. The first-order chi connectivity index (χ1) is 6.81. The quantitative estimate of drug-likeness (QED) is 0.595. The summed E-state index contributed by atoms with van der Waals surface area (Å²) < 4.78 is 1.89. The van der Waals surface area contributed by atoms with Crippen molar-refractivity contribution in [2.75, 3.05) is 10.7 Å². The third-order valence-corrected chi connectivity index (χ3v) is 2.78. The Morgan fingerprint density at radius 3 is 1.86 bits per heavy atom. The molecule has 2 nitrogen and oxygen atoms in total. The minimum absolute atomic E-state index is 1.16. The maximum atomic E-state index is 3.78. The van der Waals surface area contributed by atoms with E-state index in [1.807, 2.05) is 17.8 Å². The van der Waals surface area contributed by atoms with Crippen molar-refractivity contribution in [1.82, 2.24) is 9.55 Å². The Morgan fingerprint density at radius 2 is 1.64 bits per heavy atom. The molecule has 0 unspecified atom stereocenters. The van der Waals surface area contributed by atoms with Gasteiger partial charge in [-0.15, -0.1) is 0 Å². The van der Waals surface area contributed by atoms with E-state index < -0.39 is 0 Å². The summed E-state index contributed by atoms with van der Waals surface area (Å²) in [6, 6.07) is 0. The second kappa shape index (κ2) is 11.2. The van der Waals surface area contributed by atoms with Crippen LogP contribution in [-0.2, 0) is 7.05 Å². The highest BCUT2D eigenvalue weighted by atomic mass is 79.9. The minimum Gasteiger partial charge on any atom is -0.341 e. The van der Waals surface area contributed by atoms with Crippen LogP contribution < -0.4 is 0 Å². The highest BCUT2D eigenvalue weighted by Gasteiger charge is 1.84. The van der Waals surface area contributed by atoms with Gasteiger partial charge >= 0.3 is 0 Å². The van der Waals surface area contributed by atoms with E-state index >= 15 is 0 Å². The monoisotopic (exact) mass is 324 g/mol. The second-order valence-electron chi connectivity index (χ2n) is 3.02. The van der Waals surface area contributed by atoms with E-state index in [2.05, 4.69) is 36.8 Å². The summed E-state index contributed by atoms with van der Waals surface area (Å²) in [6.45, 7) is 0. The Bertz CT molecular complexity index is 182. The Hall–Kier alpha value is 0.170. The summed E-state index contributed by atoms with van der Waals surface area (Å²) in [4.78, 5) is 3.78. The molecule has 0 atom stereocenters. The Morgan fingerprint density at radius 1 is 1.07 bits per heavy atom. The molecule has 0 amide bonds. The highest BCUT2D eigenvalue weighted by molar-refractivity contribution is 9.09. The summed E-state index contributed by atoms with van der Waals surface area (Å²) in [5, 5.41) is 2.32. The lowest BCUT2D eigenvalue weighted by atomic mass is 10.2. The maximum Gasteiger partial charge on any atom is 0.0943 e. The fourth-order valence-electron chi connectivity index (χ4n) is 0.868. The van der Waals surface area contributed by atoms with Gasteiger partial charge in [0.05, 0.1) is 6.33 Å². The Balaban J connectivity index is 0.000000249. The predicted octanol–water partition coefficient (Wildman–Crippen LogP) is 3.76. The minimum atomic E-state index is 1.16. The molecule has 14 heavy (non-hydrogen) atoms. The predicted molar refractivity (Wildman–Crippen MR) is 69.3 cm³/mol. The molecule has 0 spiro atoms. The molecule has 1 aromatic rings. The molecule has 0 aliphatic heterocycles. The van der Waals surface area contributed by atoms with Crippen LogP contribution in [0.3, 0.4) is 0 Å². The first-order valence-corrected chi connectivity index (χ1v) is 7.09. The maximum absolute atomic E-state index is 3.78. The van der Waals surface area contributed by atoms with Gasteiger partial charge in [-0.2, -0.15) is 0 Å². The normalized spacial score (nSPS) is 9.36. The molecule has 1 rings (SSSR count). The molecular formula is C10H18Br2N2. The van der Waals surface area contributed by atoms with Gasteiger partial charge in [-0.3, -0.25) is 0 Å². The average Bonchev–Trinajstić information content (AvgIpc) is 2.65. The van der Waals surface area contributed by atoms with Gasteiger partial charge in [-0.1, -0.05) is 44.7 Å². The van der Waals surface area contributed by atoms with Crippen LogP contribution >= 0.6 is 31.9 Å². The van der Waals surface area contributed by atoms with E-state index in [9.17, 15) is 0 Å². The van der Waals surface area contributed by atoms with E-state index in [4.69, 9.17) is 0 Å². The van der Waals surface area contributed by atoms with Crippen LogP contribution in [-0.4, -0.2) is 20.2 Å². The zero-order valence-electron chi connectivity index (χ0n) is 8.63. The number of nitrogens with zero attached hydrogens (tertiary/aromatic N) is 2. The van der Waals surface area contributed by atoms with E-state index in [0.717, 1.165) is 10.7 Å². The van der Waals surface area contributed by atoms with E-state index in [1.54, 1.807) is 12.5 Å². The molecule has 0 N–H and O–H groups in total. The van der Waals surface area contributed by atoms with Crippen molar-refractivity contribution in [3.05, 3.63) is 18.7 Å². The number of aryl methyl sites for hydroxylation is 1. The fourth-order valence-corrected chi connectivity index (χ4v) is 1.66. The number of halogens is 2. The highest BCUT2D eigenvalue weighted by Crippen LogP contribution is 2.02. The fraction of sp³-hybridized carbons (Fsp3) is 0.700. The van der Waals surface area contributed by atoms with Crippen molar-refractivity contribution < 1.29 is 0 Å². The molecule has 4 heteroatoms. The number of aromatic nitrogens is 2. The van der Waals surface area contributed by atoms with Gasteiger partial charge in [0.2, 0.25) is 0 Å². The molecule has 0 fully saturated rings. The van der Waals surface area contributed by atoms with Crippen molar-refractivity contribution in [1.29, 1.82) is 0 Å². The lowest BCUT2D eigenvalue weighted by Gasteiger charge is -1.92. The third-order valence-electron chi connectivity index (χ3n) is 1.65. The molecule has 0 aliphatic carbocycles. The van der Waals surface area contributed by atoms with Gasteiger partial charge in [0.15, 0.2) is 0 Å². The molecule has 0 radical (unpaired) electrons. The van der Waals surface area contributed by atoms with Crippen LogP contribution in [0, 0.1) is 0 Å². The molecule has 0 aromatic carbocycles. The summed E-state index contributed by atoms with van der Waals surface area (Å²) in [5.74, 6) is 0. The topological polar surface area (TPSA) is 17.8 Å². The number of hydrogen-bond donors (Lipinski definition) is 0. The molecule has 1 aromatic heterocycles. The molecule has 1 heterocycles. The lowest BCUT2D eigenvalue weighted by molar-refractivity contribution is 0.715. The van der Waals surface area contributed by atoms with Crippen LogP contribution in [0.2, 0.25) is 0 Å². The van der Waals surface area contributed by atoms with Gasteiger partial charge in [-0.05, 0) is 12.8 Å². The van der Waals surface area contributed by atoms with Crippen LogP contribution in [0.1, 0.15) is 25.7 Å². The lowest BCUT2D eigenvalue weighted by Crippen LogP contribution is -1.78. The summed E-state index contributed by atoms with van der Waals surface area (Å²) in [7, 11) is 1.94. The van der Waals surface area contributed by atoms with Gasteiger partial charge in [0.1, 0.15) is 0 Å². The number of imidazole rings is 1. The van der Waals surface area contributed by atoms with Crippen molar-refractivity contribution in [3.63, 3.8) is 0 Å². The zero-order chi connectivity index (χ0) is 10.6. The third kappa shape index (κ3) is 10.3. The Labute approximate surface area is 103 Å².